The number of nitrogens with one attached hydrogen (secondary N) is 1. The van der Waals surface area contributed by atoms with Crippen molar-refractivity contribution in [2.24, 2.45) is 4.99 Å². The number of fused-ring (bicyclic) bond motifs is 1. The zero-order valence-electron chi connectivity index (χ0n) is 19.7. The minimum Gasteiger partial charge on any atom is -0.463 e. The van der Waals surface area contributed by atoms with Crippen LogP contribution in [0.3, 0.4) is 0 Å². The lowest BCUT2D eigenvalue weighted by molar-refractivity contribution is -0.139. The Morgan fingerprint density at radius 2 is 1.82 bits per heavy atom. The van der Waals surface area contributed by atoms with E-state index in [0.29, 0.717) is 17.8 Å². The molecule has 6 nitrogen and oxygen atoms in total. The number of hydrogen-bond acceptors (Lipinski definition) is 6. The first kappa shape index (κ1) is 23.8. The molecule has 1 amide bonds. The Kier molecular flexibility index (Phi) is 7.53. The van der Waals surface area contributed by atoms with Crippen LogP contribution in [-0.2, 0) is 20.7 Å². The molecule has 176 valence electrons. The minimum absolute atomic E-state index is 0.0588. The van der Waals surface area contributed by atoms with Crippen LogP contribution in [0.4, 0.5) is 0 Å². The normalized spacial score (nSPS) is 17.1. The molecule has 7 heteroatoms. The maximum atomic E-state index is 13.0. The van der Waals surface area contributed by atoms with E-state index in [1.165, 1.54) is 17.3 Å². The van der Waals surface area contributed by atoms with Gasteiger partial charge in [-0.05, 0) is 49.3 Å². The highest BCUT2D eigenvalue weighted by atomic mass is 32.2. The summed E-state index contributed by atoms with van der Waals surface area (Å²) in [5.74, 6) is -0.434. The third-order valence-corrected chi connectivity index (χ3v) is 6.79. The Hall–Kier alpha value is -3.32. The van der Waals surface area contributed by atoms with Crippen LogP contribution in [0, 0.1) is 6.92 Å². The molecule has 0 bridgehead atoms. The molecule has 0 fully saturated rings. The summed E-state index contributed by atoms with van der Waals surface area (Å²) >= 11 is 1.48. The number of hydrogen-bond donors (Lipinski definition) is 1. The second kappa shape index (κ2) is 10.7. The third kappa shape index (κ3) is 5.09. The summed E-state index contributed by atoms with van der Waals surface area (Å²) < 4.78 is 5.41. The Balaban J connectivity index is 1.56. The topological polar surface area (TPSA) is 71.0 Å². The highest BCUT2D eigenvalue weighted by Crippen LogP contribution is 2.45. The number of amides is 1. The number of nitrogens with zero attached hydrogens (tertiary/aromatic N) is 2. The second-order valence-corrected chi connectivity index (χ2v) is 9.07. The van der Waals surface area contributed by atoms with E-state index >= 15 is 0 Å². The van der Waals surface area contributed by atoms with Crippen LogP contribution in [0.1, 0.15) is 43.0 Å². The van der Waals surface area contributed by atoms with Crippen molar-refractivity contribution in [3.8, 4) is 0 Å². The van der Waals surface area contributed by atoms with Gasteiger partial charge in [0.05, 0.1) is 30.3 Å². The van der Waals surface area contributed by atoms with Crippen LogP contribution in [0.15, 0.2) is 82.0 Å². The first-order valence-electron chi connectivity index (χ1n) is 11.5. The molecule has 2 aliphatic heterocycles. The largest absolute Gasteiger partial charge is 0.463 e. The van der Waals surface area contributed by atoms with Crippen LogP contribution in [0.5, 0.6) is 0 Å². The zero-order chi connectivity index (χ0) is 24.1. The summed E-state index contributed by atoms with van der Waals surface area (Å²) in [5.41, 5.74) is 5.22. The van der Waals surface area contributed by atoms with E-state index in [2.05, 4.69) is 17.4 Å². The Morgan fingerprint density at radius 1 is 1.09 bits per heavy atom. The van der Waals surface area contributed by atoms with Crippen LogP contribution in [0.25, 0.3) is 0 Å². The second-order valence-electron chi connectivity index (χ2n) is 8.23. The van der Waals surface area contributed by atoms with Crippen molar-refractivity contribution in [1.29, 1.82) is 0 Å². The molecule has 0 saturated carbocycles. The van der Waals surface area contributed by atoms with Crippen LogP contribution < -0.4 is 5.32 Å². The van der Waals surface area contributed by atoms with E-state index in [1.54, 1.807) is 6.92 Å². The molecule has 0 aromatic heterocycles. The summed E-state index contributed by atoms with van der Waals surface area (Å²) in [5, 5.41) is 5.75. The number of allylic oxidation sites excluding steroid dienone is 1. The van der Waals surface area contributed by atoms with E-state index in [9.17, 15) is 9.59 Å². The van der Waals surface area contributed by atoms with Crippen LogP contribution in [-0.4, -0.2) is 35.1 Å². The lowest BCUT2D eigenvalue weighted by Crippen LogP contribution is -2.38. The van der Waals surface area contributed by atoms with E-state index in [1.807, 2.05) is 66.6 Å². The highest BCUT2D eigenvalue weighted by Gasteiger charge is 2.41. The molecule has 0 aliphatic carbocycles. The fourth-order valence-electron chi connectivity index (χ4n) is 4.25. The zero-order valence-corrected chi connectivity index (χ0v) is 20.5. The molecule has 4 rings (SSSR count). The van der Waals surface area contributed by atoms with Gasteiger partial charge in [0.1, 0.15) is 0 Å². The lowest BCUT2D eigenvalue weighted by atomic mass is 9.91. The number of rotatable bonds is 8. The Morgan fingerprint density at radius 3 is 2.56 bits per heavy atom. The number of carbonyl (C=O) groups excluding carboxylic acids is 2. The number of aliphatic imine (C=N–C) groups is 1. The molecule has 2 heterocycles. The highest BCUT2D eigenvalue weighted by molar-refractivity contribution is 8.16. The minimum atomic E-state index is -0.397. The molecule has 1 N–H and O–H groups in total. The molecule has 0 spiro atoms. The fourth-order valence-corrected chi connectivity index (χ4v) is 5.21. The maximum absolute atomic E-state index is 13.0. The summed E-state index contributed by atoms with van der Waals surface area (Å²) in [6, 6.07) is 17.7. The number of esters is 1. The van der Waals surface area contributed by atoms with E-state index in [0.717, 1.165) is 28.4 Å². The molecule has 2 aromatic rings. The van der Waals surface area contributed by atoms with Crippen LogP contribution in [0.2, 0.25) is 0 Å². The summed E-state index contributed by atoms with van der Waals surface area (Å²) in [6.07, 6.45) is 0.982. The first-order chi connectivity index (χ1) is 16.5. The maximum Gasteiger partial charge on any atom is 0.338 e. The molecule has 34 heavy (non-hydrogen) atoms. The van der Waals surface area contributed by atoms with Crippen LogP contribution >= 0.6 is 11.8 Å². The quantitative estimate of drug-likeness (QED) is 0.551. The van der Waals surface area contributed by atoms with Gasteiger partial charge < -0.3 is 15.0 Å². The molecule has 0 unspecified atom stereocenters. The van der Waals surface area contributed by atoms with E-state index < -0.39 is 6.04 Å². The number of carbonyl (C=O) groups is 2. The SMILES string of the molecule is CCOC(=O)C1=C(C)N=C2SC=C(CC(=O)NCCc3ccccc3)N2[C@H]1c1ccccc1C. The van der Waals surface area contributed by atoms with Crippen molar-refractivity contribution in [1.82, 2.24) is 10.2 Å². The Bertz CT molecular complexity index is 1170. The summed E-state index contributed by atoms with van der Waals surface area (Å²) in [7, 11) is 0. The molecule has 0 radical (unpaired) electrons. The first-order valence-corrected chi connectivity index (χ1v) is 12.3. The number of amidine groups is 1. The lowest BCUT2D eigenvalue weighted by Gasteiger charge is -2.37. The van der Waals surface area contributed by atoms with Crippen molar-refractivity contribution >= 4 is 28.8 Å². The summed E-state index contributed by atoms with van der Waals surface area (Å²) in [6.45, 7) is 6.52. The summed E-state index contributed by atoms with van der Waals surface area (Å²) in [4.78, 5) is 32.6. The predicted octanol–water partition coefficient (Wildman–Crippen LogP) is 4.88. The van der Waals surface area contributed by atoms with E-state index in [-0.39, 0.29) is 24.9 Å². The third-order valence-electron chi connectivity index (χ3n) is 5.90. The van der Waals surface area contributed by atoms with Gasteiger partial charge in [0.2, 0.25) is 5.91 Å². The molecule has 2 aromatic carbocycles. The molecular formula is C27H29N3O3S. The van der Waals surface area contributed by atoms with E-state index in [4.69, 9.17) is 9.73 Å². The fraction of sp³-hybridized carbons (Fsp3) is 0.296. The van der Waals surface area contributed by atoms with Gasteiger partial charge in [0.15, 0.2) is 5.17 Å². The van der Waals surface area contributed by atoms with Crippen molar-refractivity contribution < 1.29 is 14.3 Å². The molecule has 1 atom stereocenters. The number of ether oxygens (including phenoxy) is 1. The van der Waals surface area contributed by atoms with Crippen molar-refractivity contribution in [3.05, 3.63) is 93.7 Å². The van der Waals surface area contributed by atoms with Gasteiger partial charge >= 0.3 is 5.97 Å². The van der Waals surface area contributed by atoms with Gasteiger partial charge in [-0.2, -0.15) is 0 Å². The van der Waals surface area contributed by atoms with Gasteiger partial charge in [0, 0.05) is 12.2 Å². The average Bonchev–Trinajstić information content (AvgIpc) is 3.21. The van der Waals surface area contributed by atoms with Gasteiger partial charge in [0.25, 0.3) is 0 Å². The molecule has 2 aliphatic rings. The van der Waals surface area contributed by atoms with Crippen molar-refractivity contribution in [2.45, 2.75) is 39.7 Å². The number of aryl methyl sites for hydroxylation is 1. The Labute approximate surface area is 204 Å². The van der Waals surface area contributed by atoms with Crippen molar-refractivity contribution in [3.63, 3.8) is 0 Å². The smallest absolute Gasteiger partial charge is 0.338 e. The molecular weight excluding hydrogens is 446 g/mol. The standard InChI is InChI=1S/C27H29N3O3S/c1-4-33-26(32)24-19(3)29-27-30(25(24)22-13-9-8-10-18(22)2)21(17-34-27)16-23(31)28-15-14-20-11-6-5-7-12-20/h5-13,17,25H,4,14-16H2,1-3H3,(H,28,31)/t25-/m0/s1. The average molecular weight is 476 g/mol. The van der Waals surface area contributed by atoms with Gasteiger partial charge in [-0.1, -0.05) is 66.4 Å². The number of thioether (sulfide) groups is 1. The predicted molar refractivity (Wildman–Crippen MR) is 136 cm³/mol. The van der Waals surface area contributed by atoms with Crippen molar-refractivity contribution in [2.75, 3.05) is 13.2 Å². The number of benzene rings is 2. The van der Waals surface area contributed by atoms with Gasteiger partial charge in [-0.25, -0.2) is 9.79 Å². The van der Waals surface area contributed by atoms with Gasteiger partial charge in [-0.3, -0.25) is 4.79 Å². The monoisotopic (exact) mass is 475 g/mol. The molecule has 0 saturated heterocycles. The van der Waals surface area contributed by atoms with Gasteiger partial charge in [-0.15, -0.1) is 0 Å².